The van der Waals surface area contributed by atoms with E-state index >= 15 is 0 Å². The SMILES string of the molecule is CCN=C(c1c(C)c(C)n(-c2c(C)cc(Cl)cc2C)c1N)N1CCC(C#N)CC1. The Morgan fingerprint density at radius 2 is 1.79 bits per heavy atom. The Balaban J connectivity index is 2.13. The van der Waals surface area contributed by atoms with Crippen LogP contribution in [0.4, 0.5) is 5.82 Å². The van der Waals surface area contributed by atoms with Gasteiger partial charge < -0.3 is 10.6 Å². The lowest BCUT2D eigenvalue weighted by atomic mass is 9.97. The Hall–Kier alpha value is -2.45. The third-order valence-corrected chi connectivity index (χ3v) is 6.16. The number of aliphatic imine (C=N–C) groups is 1. The zero-order valence-electron chi connectivity index (χ0n) is 18.0. The lowest BCUT2D eigenvalue weighted by Gasteiger charge is -2.32. The molecule has 0 amide bonds. The largest absolute Gasteiger partial charge is 0.384 e. The monoisotopic (exact) mass is 411 g/mol. The number of halogens is 1. The fourth-order valence-corrected chi connectivity index (χ4v) is 4.69. The van der Waals surface area contributed by atoms with Crippen LogP contribution in [-0.4, -0.2) is 34.9 Å². The van der Waals surface area contributed by atoms with Crippen LogP contribution >= 0.6 is 11.6 Å². The van der Waals surface area contributed by atoms with Gasteiger partial charge in [0.1, 0.15) is 11.7 Å². The van der Waals surface area contributed by atoms with E-state index in [-0.39, 0.29) is 5.92 Å². The van der Waals surface area contributed by atoms with Crippen molar-refractivity contribution in [3.8, 4) is 11.8 Å². The number of nitrogens with zero attached hydrogens (tertiary/aromatic N) is 4. The molecule has 0 aliphatic carbocycles. The van der Waals surface area contributed by atoms with Gasteiger partial charge >= 0.3 is 0 Å². The van der Waals surface area contributed by atoms with E-state index in [1.54, 1.807) is 0 Å². The van der Waals surface area contributed by atoms with Gasteiger partial charge in [-0.05, 0) is 76.3 Å². The Labute approximate surface area is 178 Å². The topological polar surface area (TPSA) is 70.3 Å². The van der Waals surface area contributed by atoms with Gasteiger partial charge in [-0.25, -0.2) is 0 Å². The molecule has 2 aromatic rings. The van der Waals surface area contributed by atoms with Crippen molar-refractivity contribution in [1.29, 1.82) is 5.26 Å². The lowest BCUT2D eigenvalue weighted by Crippen LogP contribution is -2.39. The van der Waals surface area contributed by atoms with Crippen LogP contribution in [-0.2, 0) is 0 Å². The molecule has 0 spiro atoms. The number of nitrogens with two attached hydrogens (primary N) is 1. The van der Waals surface area contributed by atoms with Crippen LogP contribution in [0.25, 0.3) is 5.69 Å². The number of nitriles is 1. The van der Waals surface area contributed by atoms with E-state index in [1.165, 1.54) is 0 Å². The normalized spacial score (nSPS) is 15.6. The van der Waals surface area contributed by atoms with Gasteiger partial charge in [0.25, 0.3) is 0 Å². The summed E-state index contributed by atoms with van der Waals surface area (Å²) in [5.41, 5.74) is 13.3. The van der Waals surface area contributed by atoms with Gasteiger partial charge in [0, 0.05) is 36.3 Å². The zero-order valence-corrected chi connectivity index (χ0v) is 18.8. The molecule has 1 saturated heterocycles. The summed E-state index contributed by atoms with van der Waals surface area (Å²) in [4.78, 5) is 7.14. The van der Waals surface area contributed by atoms with Crippen molar-refractivity contribution in [2.45, 2.75) is 47.5 Å². The molecule has 0 atom stereocenters. The summed E-state index contributed by atoms with van der Waals surface area (Å²) in [7, 11) is 0. The van der Waals surface area contributed by atoms with Crippen molar-refractivity contribution in [3.63, 3.8) is 0 Å². The van der Waals surface area contributed by atoms with Crippen molar-refractivity contribution in [2.75, 3.05) is 25.4 Å². The number of benzene rings is 1. The summed E-state index contributed by atoms with van der Waals surface area (Å²) in [5.74, 6) is 1.80. The Morgan fingerprint density at radius 1 is 1.21 bits per heavy atom. The first kappa shape index (κ1) is 21.3. The maximum absolute atomic E-state index is 9.23. The molecule has 1 aliphatic rings. The first-order chi connectivity index (χ1) is 13.8. The molecule has 1 aliphatic heterocycles. The minimum Gasteiger partial charge on any atom is -0.384 e. The van der Waals surface area contributed by atoms with Crippen molar-refractivity contribution in [1.82, 2.24) is 9.47 Å². The van der Waals surface area contributed by atoms with Gasteiger partial charge in [-0.2, -0.15) is 5.26 Å². The van der Waals surface area contributed by atoms with Crippen LogP contribution in [0.5, 0.6) is 0 Å². The number of amidine groups is 1. The second-order valence-electron chi connectivity index (χ2n) is 7.88. The summed E-state index contributed by atoms with van der Waals surface area (Å²) in [6, 6.07) is 6.36. The fraction of sp³-hybridized carbons (Fsp3) is 0.478. The molecular weight excluding hydrogens is 382 g/mol. The van der Waals surface area contributed by atoms with Crippen LogP contribution in [0, 0.1) is 44.9 Å². The molecule has 0 bridgehead atoms. The predicted octanol–water partition coefficient (Wildman–Crippen LogP) is 4.95. The van der Waals surface area contributed by atoms with E-state index in [4.69, 9.17) is 22.3 Å². The minimum atomic E-state index is 0.137. The highest BCUT2D eigenvalue weighted by molar-refractivity contribution is 6.30. The average Bonchev–Trinajstić information content (AvgIpc) is 2.89. The van der Waals surface area contributed by atoms with Gasteiger partial charge in [0.05, 0.1) is 17.3 Å². The van der Waals surface area contributed by atoms with Crippen LogP contribution in [0.2, 0.25) is 5.02 Å². The number of piperidine rings is 1. The number of nitrogen functional groups attached to an aromatic ring is 1. The summed E-state index contributed by atoms with van der Waals surface area (Å²) >= 11 is 6.25. The van der Waals surface area contributed by atoms with Crippen molar-refractivity contribution >= 4 is 23.3 Å². The first-order valence-electron chi connectivity index (χ1n) is 10.2. The highest BCUT2D eigenvalue weighted by Crippen LogP contribution is 2.34. The average molecular weight is 412 g/mol. The Bertz CT molecular complexity index is 965. The second-order valence-corrected chi connectivity index (χ2v) is 8.32. The third kappa shape index (κ3) is 3.86. The number of likely N-dealkylation sites (tertiary alicyclic amines) is 1. The van der Waals surface area contributed by atoms with Crippen molar-refractivity contribution < 1.29 is 0 Å². The van der Waals surface area contributed by atoms with E-state index in [1.807, 2.05) is 19.1 Å². The van der Waals surface area contributed by atoms with E-state index < -0.39 is 0 Å². The highest BCUT2D eigenvalue weighted by Gasteiger charge is 2.28. The van der Waals surface area contributed by atoms with Gasteiger partial charge in [-0.1, -0.05) is 11.6 Å². The first-order valence-corrected chi connectivity index (χ1v) is 10.6. The van der Waals surface area contributed by atoms with Crippen LogP contribution in [0.15, 0.2) is 17.1 Å². The molecule has 2 heterocycles. The summed E-state index contributed by atoms with van der Waals surface area (Å²) in [6.45, 7) is 12.8. The molecule has 0 radical (unpaired) electrons. The summed E-state index contributed by atoms with van der Waals surface area (Å²) in [6.07, 6.45) is 1.74. The summed E-state index contributed by atoms with van der Waals surface area (Å²) in [5, 5.41) is 9.96. The summed E-state index contributed by atoms with van der Waals surface area (Å²) < 4.78 is 2.14. The van der Waals surface area contributed by atoms with E-state index in [0.717, 1.165) is 70.4 Å². The molecule has 0 saturated carbocycles. The number of aryl methyl sites for hydroxylation is 2. The number of anilines is 1. The molecule has 0 unspecified atom stereocenters. The molecule has 1 fully saturated rings. The van der Waals surface area contributed by atoms with E-state index in [0.29, 0.717) is 12.4 Å². The number of hydrogen-bond acceptors (Lipinski definition) is 3. The highest BCUT2D eigenvalue weighted by atomic mass is 35.5. The van der Waals surface area contributed by atoms with Gasteiger partial charge in [0.15, 0.2) is 0 Å². The third-order valence-electron chi connectivity index (χ3n) is 5.94. The molecule has 3 rings (SSSR count). The van der Waals surface area contributed by atoms with Crippen LogP contribution < -0.4 is 5.73 Å². The zero-order chi connectivity index (χ0) is 21.3. The smallest absolute Gasteiger partial charge is 0.134 e. The van der Waals surface area contributed by atoms with Crippen LogP contribution in [0.1, 0.15) is 47.7 Å². The van der Waals surface area contributed by atoms with E-state index in [2.05, 4.69) is 43.2 Å². The number of rotatable bonds is 3. The quantitative estimate of drug-likeness (QED) is 0.573. The molecule has 1 aromatic heterocycles. The Kier molecular flexibility index (Phi) is 6.24. The van der Waals surface area contributed by atoms with Crippen molar-refractivity contribution in [2.24, 2.45) is 10.9 Å². The van der Waals surface area contributed by atoms with Gasteiger partial charge in [-0.3, -0.25) is 9.56 Å². The molecule has 5 nitrogen and oxygen atoms in total. The number of aromatic nitrogens is 1. The maximum Gasteiger partial charge on any atom is 0.134 e. The molecule has 1 aromatic carbocycles. The lowest BCUT2D eigenvalue weighted by molar-refractivity contribution is 0.303. The van der Waals surface area contributed by atoms with Gasteiger partial charge in [0.2, 0.25) is 0 Å². The number of hydrogen-bond donors (Lipinski definition) is 1. The molecule has 154 valence electrons. The van der Waals surface area contributed by atoms with E-state index in [9.17, 15) is 5.26 Å². The van der Waals surface area contributed by atoms with Crippen LogP contribution in [0.3, 0.4) is 0 Å². The minimum absolute atomic E-state index is 0.137. The second kappa shape index (κ2) is 8.51. The standard InChI is InChI=1S/C23H30ClN5/c1-6-27-23(28-9-7-18(13-25)8-10-28)20-16(4)17(5)29(22(20)26)21-14(2)11-19(24)12-15(21)3/h11-12,18H,6-10,26H2,1-5H3. The predicted molar refractivity (Wildman–Crippen MR) is 121 cm³/mol. The molecular formula is C23H30ClN5. The molecule has 2 N–H and O–H groups in total. The van der Waals surface area contributed by atoms with Gasteiger partial charge in [-0.15, -0.1) is 0 Å². The van der Waals surface area contributed by atoms with Crippen molar-refractivity contribution in [3.05, 3.63) is 45.1 Å². The maximum atomic E-state index is 9.23. The molecule has 29 heavy (non-hydrogen) atoms. The Morgan fingerprint density at radius 3 is 2.31 bits per heavy atom. The fourth-order valence-electron chi connectivity index (χ4n) is 4.37. The molecule has 6 heteroatoms.